The topological polar surface area (TPSA) is 214 Å². The van der Waals surface area contributed by atoms with Crippen molar-refractivity contribution in [2.75, 3.05) is 33.0 Å². The largest absolute Gasteiger partial charge is 0.457 e. The second kappa shape index (κ2) is 36.7. The average molecular weight is 889 g/mol. The van der Waals surface area contributed by atoms with Crippen LogP contribution >= 0.6 is 0 Å². The van der Waals surface area contributed by atoms with Crippen LogP contribution in [0.4, 0.5) is 0 Å². The van der Waals surface area contributed by atoms with E-state index < -0.39 is 80.7 Å². The molecular formula is C48H88O14. The van der Waals surface area contributed by atoms with Crippen molar-refractivity contribution in [3.63, 3.8) is 0 Å². The molecule has 0 aromatic carbocycles. The number of hydrogen-bond acceptors (Lipinski definition) is 14. The Balaban J connectivity index is 1.80. The minimum absolute atomic E-state index is 0.0560. The number of carbonyl (C=O) groups is 1. The number of aliphatic hydroxyl groups excluding tert-OH is 7. The van der Waals surface area contributed by atoms with E-state index in [1.807, 2.05) is 0 Å². The van der Waals surface area contributed by atoms with Crippen molar-refractivity contribution in [2.24, 2.45) is 0 Å². The van der Waals surface area contributed by atoms with Crippen LogP contribution in [-0.2, 0) is 33.2 Å². The van der Waals surface area contributed by atoms with Crippen molar-refractivity contribution in [3.05, 3.63) is 24.3 Å². The van der Waals surface area contributed by atoms with Crippen molar-refractivity contribution in [3.8, 4) is 0 Å². The van der Waals surface area contributed by atoms with Gasteiger partial charge >= 0.3 is 5.97 Å². The lowest BCUT2D eigenvalue weighted by atomic mass is 9.98. The van der Waals surface area contributed by atoms with Gasteiger partial charge in [0.1, 0.15) is 54.9 Å². The molecule has 14 heteroatoms. The molecule has 2 fully saturated rings. The Bertz CT molecular complexity index is 1120. The predicted molar refractivity (Wildman–Crippen MR) is 238 cm³/mol. The Morgan fingerprint density at radius 1 is 0.516 bits per heavy atom. The van der Waals surface area contributed by atoms with Crippen LogP contribution in [0, 0.1) is 0 Å². The molecule has 0 bridgehead atoms. The molecule has 2 aliphatic rings. The summed E-state index contributed by atoms with van der Waals surface area (Å²) < 4.78 is 34.2. The van der Waals surface area contributed by atoms with Crippen LogP contribution < -0.4 is 0 Å². The van der Waals surface area contributed by atoms with Gasteiger partial charge in [0.25, 0.3) is 0 Å². The molecule has 0 aliphatic carbocycles. The molecule has 0 radical (unpaired) electrons. The van der Waals surface area contributed by atoms with Gasteiger partial charge in [-0.2, -0.15) is 0 Å². The van der Waals surface area contributed by atoms with Crippen molar-refractivity contribution in [1.82, 2.24) is 0 Å². The third-order valence-electron chi connectivity index (χ3n) is 11.7. The zero-order valence-electron chi connectivity index (χ0n) is 38.4. The third kappa shape index (κ3) is 24.7. The second-order valence-corrected chi connectivity index (χ2v) is 17.3. The number of rotatable bonds is 38. The molecule has 0 amide bonds. The quantitative estimate of drug-likeness (QED) is 0.0202. The first-order chi connectivity index (χ1) is 30.1. The Morgan fingerprint density at radius 3 is 1.48 bits per heavy atom. The summed E-state index contributed by atoms with van der Waals surface area (Å²) in [4.78, 5) is 13.0. The van der Waals surface area contributed by atoms with Crippen LogP contribution in [0.1, 0.15) is 174 Å². The number of unbranched alkanes of at least 4 members (excludes halogenated alkanes) is 20. The van der Waals surface area contributed by atoms with Gasteiger partial charge in [0.2, 0.25) is 0 Å². The Hall–Kier alpha value is -1.53. The summed E-state index contributed by atoms with van der Waals surface area (Å²) in [6.45, 7) is 3.64. The molecule has 11 atom stereocenters. The SMILES string of the molecule is CCCCCC/C=C\CCCCCCCC(=O)OC(COCCCCCCCC/C=C\CCCCCCC)COC1OC(COC2OC(CO)C(O)C(O)C2O)C(O)C(O)C1O. The van der Waals surface area contributed by atoms with Gasteiger partial charge in [-0.3, -0.25) is 4.79 Å². The first-order valence-corrected chi connectivity index (χ1v) is 24.4. The van der Waals surface area contributed by atoms with Gasteiger partial charge in [0.05, 0.1) is 26.4 Å². The lowest BCUT2D eigenvalue weighted by molar-refractivity contribution is -0.332. The molecule has 2 saturated heterocycles. The summed E-state index contributed by atoms with van der Waals surface area (Å²) in [7, 11) is 0. The standard InChI is InChI=1S/C48H88O14/c1-3-5-7-9-11-13-15-17-18-20-22-24-26-28-30-32-57-34-37(60-40(50)31-29-27-25-23-21-19-16-14-12-10-8-6-4-2)35-58-47-46(56)44(54)42(52)39(62-47)36-59-48-45(55)43(53)41(51)38(33-49)61-48/h14-17,37-39,41-49,51-56H,3-13,18-36H2,1-2H3/b16-14-,17-15-. The van der Waals surface area contributed by atoms with Gasteiger partial charge in [-0.1, -0.05) is 128 Å². The minimum atomic E-state index is -1.71. The van der Waals surface area contributed by atoms with Crippen LogP contribution in [0.3, 0.4) is 0 Å². The number of allylic oxidation sites excluding steroid dienone is 4. The highest BCUT2D eigenvalue weighted by atomic mass is 16.7. The molecule has 0 saturated carbocycles. The van der Waals surface area contributed by atoms with E-state index in [0.29, 0.717) is 13.0 Å². The number of aliphatic hydroxyl groups is 7. The van der Waals surface area contributed by atoms with Gasteiger partial charge in [-0.25, -0.2) is 0 Å². The summed E-state index contributed by atoms with van der Waals surface area (Å²) in [5.74, 6) is -0.388. The molecule has 364 valence electrons. The fraction of sp³-hybridized carbons (Fsp3) is 0.896. The molecule has 14 nitrogen and oxygen atoms in total. The Kier molecular flexibility index (Phi) is 33.5. The molecule has 7 N–H and O–H groups in total. The summed E-state index contributed by atoms with van der Waals surface area (Å²) in [6.07, 6.45) is 21.0. The fourth-order valence-electron chi connectivity index (χ4n) is 7.63. The zero-order chi connectivity index (χ0) is 45.2. The van der Waals surface area contributed by atoms with Crippen molar-refractivity contribution in [1.29, 1.82) is 0 Å². The first-order valence-electron chi connectivity index (χ1n) is 24.4. The summed E-state index contributed by atoms with van der Waals surface area (Å²) >= 11 is 0. The summed E-state index contributed by atoms with van der Waals surface area (Å²) in [5, 5.41) is 72.0. The third-order valence-corrected chi connectivity index (χ3v) is 11.7. The van der Waals surface area contributed by atoms with E-state index in [4.69, 9.17) is 28.4 Å². The van der Waals surface area contributed by atoms with Gasteiger partial charge in [-0.15, -0.1) is 0 Å². The molecule has 0 spiro atoms. The van der Waals surface area contributed by atoms with Gasteiger partial charge in [0, 0.05) is 13.0 Å². The molecule has 2 rings (SSSR count). The normalized spacial score (nSPS) is 27.4. The number of esters is 1. The highest BCUT2D eigenvalue weighted by molar-refractivity contribution is 5.69. The molecule has 2 aliphatic heterocycles. The lowest BCUT2D eigenvalue weighted by Gasteiger charge is -2.42. The van der Waals surface area contributed by atoms with Crippen LogP contribution in [0.25, 0.3) is 0 Å². The van der Waals surface area contributed by atoms with E-state index in [1.54, 1.807) is 0 Å². The molecule has 0 aromatic rings. The fourth-order valence-corrected chi connectivity index (χ4v) is 7.63. The van der Waals surface area contributed by atoms with E-state index in [-0.39, 0.29) is 25.6 Å². The van der Waals surface area contributed by atoms with Crippen LogP contribution in [0.15, 0.2) is 24.3 Å². The van der Waals surface area contributed by atoms with Gasteiger partial charge in [-0.05, 0) is 64.2 Å². The molecule has 11 unspecified atom stereocenters. The second-order valence-electron chi connectivity index (χ2n) is 17.3. The zero-order valence-corrected chi connectivity index (χ0v) is 38.4. The van der Waals surface area contributed by atoms with Gasteiger partial charge < -0.3 is 64.2 Å². The number of ether oxygens (including phenoxy) is 6. The Labute approximate surface area is 373 Å². The van der Waals surface area contributed by atoms with Gasteiger partial charge in [0.15, 0.2) is 12.6 Å². The maximum absolute atomic E-state index is 13.0. The van der Waals surface area contributed by atoms with E-state index in [9.17, 15) is 40.5 Å². The molecule has 0 aromatic heterocycles. The van der Waals surface area contributed by atoms with E-state index >= 15 is 0 Å². The predicted octanol–water partition coefficient (Wildman–Crippen LogP) is 6.46. The first kappa shape index (κ1) is 56.6. The molecule has 62 heavy (non-hydrogen) atoms. The molecular weight excluding hydrogens is 801 g/mol. The number of carbonyl (C=O) groups excluding carboxylic acids is 1. The van der Waals surface area contributed by atoms with Crippen LogP contribution in [0.5, 0.6) is 0 Å². The highest BCUT2D eigenvalue weighted by Crippen LogP contribution is 2.26. The minimum Gasteiger partial charge on any atom is -0.457 e. The van der Waals surface area contributed by atoms with E-state index in [2.05, 4.69) is 38.2 Å². The van der Waals surface area contributed by atoms with Crippen molar-refractivity contribution in [2.45, 2.75) is 242 Å². The summed E-state index contributed by atoms with van der Waals surface area (Å²) in [5.41, 5.74) is 0. The lowest BCUT2D eigenvalue weighted by Crippen LogP contribution is -2.61. The number of hydrogen-bond donors (Lipinski definition) is 7. The average Bonchev–Trinajstić information content (AvgIpc) is 3.27. The molecule has 2 heterocycles. The van der Waals surface area contributed by atoms with Crippen molar-refractivity contribution < 1.29 is 69.0 Å². The van der Waals surface area contributed by atoms with Crippen LogP contribution in [-0.4, -0.2) is 142 Å². The Morgan fingerprint density at radius 2 is 0.952 bits per heavy atom. The van der Waals surface area contributed by atoms with E-state index in [1.165, 1.54) is 83.5 Å². The smallest absolute Gasteiger partial charge is 0.306 e. The van der Waals surface area contributed by atoms with Crippen molar-refractivity contribution >= 4 is 5.97 Å². The highest BCUT2D eigenvalue weighted by Gasteiger charge is 2.47. The van der Waals surface area contributed by atoms with Crippen LogP contribution in [0.2, 0.25) is 0 Å². The van der Waals surface area contributed by atoms with E-state index in [0.717, 1.165) is 64.2 Å². The summed E-state index contributed by atoms with van der Waals surface area (Å²) in [6, 6.07) is 0. The maximum Gasteiger partial charge on any atom is 0.306 e. The maximum atomic E-state index is 13.0. The monoisotopic (exact) mass is 889 g/mol.